The van der Waals surface area contributed by atoms with Crippen LogP contribution in [0, 0.1) is 0 Å². The Labute approximate surface area is 156 Å². The van der Waals surface area contributed by atoms with Crippen LogP contribution in [0.2, 0.25) is 10.0 Å². The third-order valence-electron chi connectivity index (χ3n) is 3.90. The molecule has 0 amide bonds. The van der Waals surface area contributed by atoms with E-state index in [4.69, 9.17) is 23.2 Å². The summed E-state index contributed by atoms with van der Waals surface area (Å²) in [4.78, 5) is 4.73. The predicted molar refractivity (Wildman–Crippen MR) is 101 cm³/mol. The highest BCUT2D eigenvalue weighted by molar-refractivity contribution is 7.89. The summed E-state index contributed by atoms with van der Waals surface area (Å²) in [5.41, 5.74) is 1.65. The van der Waals surface area contributed by atoms with E-state index in [0.717, 1.165) is 11.0 Å². The van der Waals surface area contributed by atoms with Gasteiger partial charge in [0.15, 0.2) is 0 Å². The fraction of sp³-hybridized carbons (Fsp3) is 0.235. The average molecular weight is 398 g/mol. The summed E-state index contributed by atoms with van der Waals surface area (Å²) in [5, 5.41) is 1.10. The summed E-state index contributed by atoms with van der Waals surface area (Å²) in [6.45, 7) is 4.40. The fourth-order valence-corrected chi connectivity index (χ4v) is 4.24. The number of benzene rings is 2. The van der Waals surface area contributed by atoms with Gasteiger partial charge in [-0.2, -0.15) is 0 Å². The van der Waals surface area contributed by atoms with E-state index in [1.807, 2.05) is 23.6 Å². The van der Waals surface area contributed by atoms with Gasteiger partial charge in [-0.1, -0.05) is 23.2 Å². The molecule has 0 aliphatic carbocycles. The van der Waals surface area contributed by atoms with Crippen molar-refractivity contribution in [3.8, 4) is 0 Å². The Morgan fingerprint density at radius 1 is 1.12 bits per heavy atom. The van der Waals surface area contributed by atoms with Gasteiger partial charge in [0.05, 0.1) is 22.0 Å². The van der Waals surface area contributed by atoms with Crippen LogP contribution in [0.1, 0.15) is 25.7 Å². The van der Waals surface area contributed by atoms with Crippen LogP contribution in [0.3, 0.4) is 0 Å². The number of imidazole rings is 1. The molecule has 1 aromatic heterocycles. The van der Waals surface area contributed by atoms with Gasteiger partial charge >= 0.3 is 0 Å². The normalized spacial score (nSPS) is 13.3. The van der Waals surface area contributed by atoms with Crippen LogP contribution < -0.4 is 4.72 Å². The number of nitrogens with one attached hydrogen (secondary N) is 1. The second-order valence-electron chi connectivity index (χ2n) is 5.64. The lowest BCUT2D eigenvalue weighted by Gasteiger charge is -2.15. The molecule has 0 spiro atoms. The monoisotopic (exact) mass is 397 g/mol. The number of sulfonamides is 1. The molecule has 5 nitrogen and oxygen atoms in total. The molecule has 0 radical (unpaired) electrons. The second kappa shape index (κ2) is 6.96. The maximum Gasteiger partial charge on any atom is 0.241 e. The van der Waals surface area contributed by atoms with E-state index in [1.54, 1.807) is 25.1 Å². The predicted octanol–water partition coefficient (Wildman–Crippen LogP) is 4.40. The Morgan fingerprint density at radius 2 is 1.76 bits per heavy atom. The highest BCUT2D eigenvalue weighted by Crippen LogP contribution is 2.25. The van der Waals surface area contributed by atoms with Crippen molar-refractivity contribution < 1.29 is 8.42 Å². The van der Waals surface area contributed by atoms with Crippen LogP contribution in [0.4, 0.5) is 0 Å². The Hall–Kier alpha value is -1.60. The molecule has 0 aliphatic rings. The van der Waals surface area contributed by atoms with E-state index in [2.05, 4.69) is 9.71 Å². The van der Waals surface area contributed by atoms with Crippen LogP contribution in [-0.2, 0) is 16.6 Å². The second-order valence-corrected chi connectivity index (χ2v) is 8.23. The number of halogens is 2. The number of hydrogen-bond acceptors (Lipinski definition) is 3. The van der Waals surface area contributed by atoms with Crippen molar-refractivity contribution in [1.29, 1.82) is 0 Å². The van der Waals surface area contributed by atoms with E-state index >= 15 is 0 Å². The third kappa shape index (κ3) is 3.67. The first kappa shape index (κ1) is 18.2. The lowest BCUT2D eigenvalue weighted by Crippen LogP contribution is -2.28. The van der Waals surface area contributed by atoms with Gasteiger partial charge in [0.25, 0.3) is 0 Å². The molecule has 8 heteroatoms. The van der Waals surface area contributed by atoms with Gasteiger partial charge in [-0.3, -0.25) is 0 Å². The quantitative estimate of drug-likeness (QED) is 0.693. The topological polar surface area (TPSA) is 64.0 Å². The largest absolute Gasteiger partial charge is 0.327 e. The minimum Gasteiger partial charge on any atom is -0.327 e. The van der Waals surface area contributed by atoms with Gasteiger partial charge in [0, 0.05) is 16.6 Å². The maximum atomic E-state index is 12.6. The van der Waals surface area contributed by atoms with Gasteiger partial charge in [0.2, 0.25) is 10.0 Å². The molecule has 0 bridgehead atoms. The Balaban J connectivity index is 1.96. The van der Waals surface area contributed by atoms with Gasteiger partial charge in [-0.25, -0.2) is 18.1 Å². The molecule has 1 atom stereocenters. The molecule has 3 rings (SSSR count). The first-order chi connectivity index (χ1) is 11.8. The average Bonchev–Trinajstić information content (AvgIpc) is 2.92. The SMILES string of the molecule is CCn1c(C(C)NS(=O)(=O)c2ccc(Cl)cc2)nc2ccc(Cl)cc21. The summed E-state index contributed by atoms with van der Waals surface area (Å²) in [7, 11) is -3.68. The first-order valence-corrected chi connectivity index (χ1v) is 9.99. The van der Waals surface area contributed by atoms with Crippen molar-refractivity contribution in [2.24, 2.45) is 0 Å². The number of fused-ring (bicyclic) bond motifs is 1. The maximum absolute atomic E-state index is 12.6. The molecule has 25 heavy (non-hydrogen) atoms. The minimum atomic E-state index is -3.68. The van der Waals surface area contributed by atoms with E-state index in [-0.39, 0.29) is 4.90 Å². The number of hydrogen-bond donors (Lipinski definition) is 1. The highest BCUT2D eigenvalue weighted by atomic mass is 35.5. The summed E-state index contributed by atoms with van der Waals surface area (Å²) >= 11 is 11.9. The number of aromatic nitrogens is 2. The van der Waals surface area contributed by atoms with Crippen molar-refractivity contribution in [2.75, 3.05) is 0 Å². The zero-order valence-corrected chi connectivity index (χ0v) is 16.0. The summed E-state index contributed by atoms with van der Waals surface area (Å²) in [6, 6.07) is 11.0. The lowest BCUT2D eigenvalue weighted by atomic mass is 10.3. The zero-order chi connectivity index (χ0) is 18.2. The standard InChI is InChI=1S/C17H17Cl2N3O2S/c1-3-22-16-10-13(19)6-9-15(16)20-17(22)11(2)21-25(23,24)14-7-4-12(18)5-8-14/h4-11,21H,3H2,1-2H3. The summed E-state index contributed by atoms with van der Waals surface area (Å²) < 4.78 is 29.8. The fourth-order valence-electron chi connectivity index (χ4n) is 2.74. The summed E-state index contributed by atoms with van der Waals surface area (Å²) in [6.07, 6.45) is 0. The molecular weight excluding hydrogens is 381 g/mol. The molecule has 3 aromatic rings. The number of nitrogens with zero attached hydrogens (tertiary/aromatic N) is 2. The zero-order valence-electron chi connectivity index (χ0n) is 13.7. The number of rotatable bonds is 5. The van der Waals surface area contributed by atoms with Crippen molar-refractivity contribution in [3.05, 3.63) is 58.3 Å². The molecule has 1 heterocycles. The summed E-state index contributed by atoms with van der Waals surface area (Å²) in [5.74, 6) is 0.636. The third-order valence-corrected chi connectivity index (χ3v) is 5.94. The van der Waals surface area contributed by atoms with Gasteiger partial charge in [-0.15, -0.1) is 0 Å². The molecule has 0 fully saturated rings. The van der Waals surface area contributed by atoms with Crippen LogP contribution in [0.5, 0.6) is 0 Å². The number of aryl methyl sites for hydroxylation is 1. The molecule has 2 aromatic carbocycles. The highest BCUT2D eigenvalue weighted by Gasteiger charge is 2.22. The van der Waals surface area contributed by atoms with Crippen LogP contribution in [0.15, 0.2) is 47.4 Å². The van der Waals surface area contributed by atoms with Crippen molar-refractivity contribution in [2.45, 2.75) is 31.3 Å². The van der Waals surface area contributed by atoms with E-state index < -0.39 is 16.1 Å². The van der Waals surface area contributed by atoms with Gasteiger partial charge in [0.1, 0.15) is 5.82 Å². The Morgan fingerprint density at radius 3 is 2.40 bits per heavy atom. The molecule has 0 aliphatic heterocycles. The van der Waals surface area contributed by atoms with Gasteiger partial charge in [-0.05, 0) is 56.3 Å². The molecular formula is C17H17Cl2N3O2S. The molecule has 1 N–H and O–H groups in total. The minimum absolute atomic E-state index is 0.158. The van der Waals surface area contributed by atoms with Crippen LogP contribution in [0.25, 0.3) is 11.0 Å². The van der Waals surface area contributed by atoms with Gasteiger partial charge < -0.3 is 4.57 Å². The van der Waals surface area contributed by atoms with Crippen molar-refractivity contribution in [3.63, 3.8) is 0 Å². The first-order valence-electron chi connectivity index (χ1n) is 7.75. The molecule has 0 saturated carbocycles. The Bertz CT molecular complexity index is 1010. The van der Waals surface area contributed by atoms with Crippen LogP contribution in [-0.4, -0.2) is 18.0 Å². The van der Waals surface area contributed by atoms with E-state index in [0.29, 0.717) is 22.4 Å². The van der Waals surface area contributed by atoms with Crippen molar-refractivity contribution in [1.82, 2.24) is 14.3 Å². The molecule has 0 saturated heterocycles. The van der Waals surface area contributed by atoms with E-state index in [1.165, 1.54) is 12.1 Å². The smallest absolute Gasteiger partial charge is 0.241 e. The lowest BCUT2D eigenvalue weighted by molar-refractivity contribution is 0.549. The van der Waals surface area contributed by atoms with Crippen molar-refractivity contribution >= 4 is 44.3 Å². The molecule has 132 valence electrons. The molecule has 1 unspecified atom stereocenters. The van der Waals surface area contributed by atoms with Crippen LogP contribution >= 0.6 is 23.2 Å². The van der Waals surface area contributed by atoms with E-state index in [9.17, 15) is 8.42 Å². The Kier molecular flexibility index (Phi) is 5.06.